The number of rotatable bonds is 3. The van der Waals surface area contributed by atoms with E-state index in [0.29, 0.717) is 29.0 Å². The summed E-state index contributed by atoms with van der Waals surface area (Å²) in [4.78, 5) is 1.36. The van der Waals surface area contributed by atoms with E-state index < -0.39 is 0 Å². The maximum absolute atomic E-state index is 5.89. The van der Waals surface area contributed by atoms with Crippen LogP contribution in [0.4, 0.5) is 5.69 Å². The Morgan fingerprint density at radius 1 is 1.26 bits per heavy atom. The summed E-state index contributed by atoms with van der Waals surface area (Å²) in [6, 6.07) is 13.8. The molecule has 1 aliphatic rings. The normalized spacial score (nSPS) is 17.2. The van der Waals surface area contributed by atoms with E-state index in [1.54, 1.807) is 12.1 Å². The first-order chi connectivity index (χ1) is 9.24. The molecular weight excluding hydrogens is 278 g/mol. The Balaban J connectivity index is 1.71. The van der Waals surface area contributed by atoms with Crippen molar-refractivity contribution in [1.82, 2.24) is 0 Å². The maximum atomic E-state index is 5.89. The van der Waals surface area contributed by atoms with E-state index in [1.165, 1.54) is 10.5 Å². The fourth-order valence-electron chi connectivity index (χ4n) is 2.21. The standard InChI is InChI=1S/C15H14ClNOS/c16-11-5-6-14(13(17)7-11)18-8-10-9-19-15-4-2-1-3-12(10)15/h1-7,10H,8-9,17H2. The van der Waals surface area contributed by atoms with Crippen LogP contribution < -0.4 is 10.5 Å². The van der Waals surface area contributed by atoms with E-state index in [-0.39, 0.29) is 0 Å². The number of fused-ring (bicyclic) bond motifs is 1. The lowest BCUT2D eigenvalue weighted by atomic mass is 10.0. The van der Waals surface area contributed by atoms with Gasteiger partial charge in [-0.05, 0) is 29.8 Å². The van der Waals surface area contributed by atoms with Gasteiger partial charge in [0.2, 0.25) is 0 Å². The van der Waals surface area contributed by atoms with E-state index >= 15 is 0 Å². The lowest BCUT2D eigenvalue weighted by Crippen LogP contribution is -2.10. The number of benzene rings is 2. The molecule has 2 aromatic rings. The Bertz CT molecular complexity index is 602. The first-order valence-corrected chi connectivity index (χ1v) is 7.50. The zero-order valence-corrected chi connectivity index (χ0v) is 11.9. The third kappa shape index (κ3) is 2.67. The van der Waals surface area contributed by atoms with Crippen LogP contribution in [0.5, 0.6) is 5.75 Å². The smallest absolute Gasteiger partial charge is 0.142 e. The summed E-state index contributed by atoms with van der Waals surface area (Å²) in [6.07, 6.45) is 0. The van der Waals surface area contributed by atoms with Crippen molar-refractivity contribution >= 4 is 29.1 Å². The summed E-state index contributed by atoms with van der Waals surface area (Å²) in [6.45, 7) is 0.649. The van der Waals surface area contributed by atoms with Crippen molar-refractivity contribution in [2.45, 2.75) is 10.8 Å². The van der Waals surface area contributed by atoms with Crippen LogP contribution in [0.1, 0.15) is 11.5 Å². The zero-order valence-electron chi connectivity index (χ0n) is 10.3. The largest absolute Gasteiger partial charge is 0.491 e. The second kappa shape index (κ2) is 5.35. The molecule has 0 fully saturated rings. The van der Waals surface area contributed by atoms with Crippen LogP contribution in [0.25, 0.3) is 0 Å². The Morgan fingerprint density at radius 2 is 2.11 bits per heavy atom. The van der Waals surface area contributed by atoms with Crippen molar-refractivity contribution in [1.29, 1.82) is 0 Å². The minimum Gasteiger partial charge on any atom is -0.491 e. The van der Waals surface area contributed by atoms with Crippen molar-refractivity contribution in [2.24, 2.45) is 0 Å². The predicted octanol–water partition coefficient (Wildman–Crippen LogP) is 4.19. The molecule has 0 amide bonds. The number of halogens is 1. The first kappa shape index (κ1) is 12.7. The average Bonchev–Trinajstić information content (AvgIpc) is 2.81. The second-order valence-electron chi connectivity index (χ2n) is 4.54. The molecule has 0 bridgehead atoms. The monoisotopic (exact) mass is 291 g/mol. The molecule has 19 heavy (non-hydrogen) atoms. The summed E-state index contributed by atoms with van der Waals surface area (Å²) in [7, 11) is 0. The molecule has 1 unspecified atom stereocenters. The molecule has 0 aromatic heterocycles. The molecule has 2 N–H and O–H groups in total. The lowest BCUT2D eigenvalue weighted by Gasteiger charge is -2.14. The SMILES string of the molecule is Nc1cc(Cl)ccc1OCC1CSc2ccccc21. The summed E-state index contributed by atoms with van der Waals surface area (Å²) in [5.41, 5.74) is 7.85. The topological polar surface area (TPSA) is 35.2 Å². The number of anilines is 1. The molecule has 2 aromatic carbocycles. The highest BCUT2D eigenvalue weighted by molar-refractivity contribution is 7.99. The predicted molar refractivity (Wildman–Crippen MR) is 81.3 cm³/mol. The van der Waals surface area contributed by atoms with Crippen molar-refractivity contribution in [2.75, 3.05) is 18.1 Å². The molecule has 0 radical (unpaired) electrons. The fraction of sp³-hybridized carbons (Fsp3) is 0.200. The van der Waals surface area contributed by atoms with Crippen LogP contribution >= 0.6 is 23.4 Å². The highest BCUT2D eigenvalue weighted by atomic mass is 35.5. The Kier molecular flexibility index (Phi) is 3.58. The van der Waals surface area contributed by atoms with Gasteiger partial charge in [0.25, 0.3) is 0 Å². The quantitative estimate of drug-likeness (QED) is 0.861. The van der Waals surface area contributed by atoms with Gasteiger partial charge >= 0.3 is 0 Å². The molecule has 1 atom stereocenters. The molecule has 3 rings (SSSR count). The van der Waals surface area contributed by atoms with Gasteiger partial charge in [-0.15, -0.1) is 11.8 Å². The lowest BCUT2D eigenvalue weighted by molar-refractivity contribution is 0.299. The van der Waals surface area contributed by atoms with Crippen molar-refractivity contribution in [3.63, 3.8) is 0 Å². The highest BCUT2D eigenvalue weighted by Gasteiger charge is 2.23. The summed E-state index contributed by atoms with van der Waals surface area (Å²) >= 11 is 7.76. The van der Waals surface area contributed by atoms with Crippen molar-refractivity contribution in [3.8, 4) is 5.75 Å². The molecule has 2 nitrogen and oxygen atoms in total. The summed E-state index contributed by atoms with van der Waals surface area (Å²) in [5, 5.41) is 0.631. The molecule has 1 aliphatic heterocycles. The molecule has 98 valence electrons. The van der Waals surface area contributed by atoms with Gasteiger partial charge in [-0.25, -0.2) is 0 Å². The van der Waals surface area contributed by atoms with Crippen LogP contribution in [0.15, 0.2) is 47.4 Å². The van der Waals surface area contributed by atoms with Gasteiger partial charge in [-0.2, -0.15) is 0 Å². The van der Waals surface area contributed by atoms with Gasteiger partial charge < -0.3 is 10.5 Å². The molecule has 0 spiro atoms. The van der Waals surface area contributed by atoms with Gasteiger partial charge in [-0.3, -0.25) is 0 Å². The van der Waals surface area contributed by atoms with E-state index in [2.05, 4.69) is 24.3 Å². The van der Waals surface area contributed by atoms with Crippen molar-refractivity contribution < 1.29 is 4.74 Å². The van der Waals surface area contributed by atoms with Gasteiger partial charge in [0.1, 0.15) is 5.75 Å². The van der Waals surface area contributed by atoms with Gasteiger partial charge in [0.05, 0.1) is 12.3 Å². The van der Waals surface area contributed by atoms with Crippen molar-refractivity contribution in [3.05, 3.63) is 53.1 Å². The average molecular weight is 292 g/mol. The Labute approximate surface area is 121 Å². The third-order valence-corrected chi connectivity index (χ3v) is 4.70. The minimum atomic E-state index is 0.427. The number of nitrogen functional groups attached to an aromatic ring is 1. The van der Waals surface area contributed by atoms with Crippen LogP contribution in [-0.4, -0.2) is 12.4 Å². The van der Waals surface area contributed by atoms with Crippen LogP contribution in [0.3, 0.4) is 0 Å². The third-order valence-electron chi connectivity index (χ3n) is 3.21. The number of ether oxygens (including phenoxy) is 1. The van der Waals surface area contributed by atoms with Gasteiger partial charge in [0.15, 0.2) is 0 Å². The van der Waals surface area contributed by atoms with Gasteiger partial charge in [-0.1, -0.05) is 29.8 Å². The molecule has 0 aliphatic carbocycles. The Morgan fingerprint density at radius 3 is 2.95 bits per heavy atom. The molecular formula is C15H14ClNOS. The first-order valence-electron chi connectivity index (χ1n) is 6.13. The fourth-order valence-corrected chi connectivity index (χ4v) is 3.62. The Hall–Kier alpha value is -1.32. The van der Waals surface area contributed by atoms with Crippen LogP contribution in [0.2, 0.25) is 5.02 Å². The zero-order chi connectivity index (χ0) is 13.2. The molecule has 0 saturated carbocycles. The molecule has 4 heteroatoms. The molecule has 1 heterocycles. The molecule has 0 saturated heterocycles. The highest BCUT2D eigenvalue weighted by Crippen LogP contribution is 2.39. The van der Waals surface area contributed by atoms with E-state index in [9.17, 15) is 0 Å². The number of nitrogens with two attached hydrogens (primary N) is 1. The van der Waals surface area contributed by atoms with E-state index in [1.807, 2.05) is 17.8 Å². The second-order valence-corrected chi connectivity index (χ2v) is 6.04. The number of thioether (sulfide) groups is 1. The number of hydrogen-bond donors (Lipinski definition) is 1. The van der Waals surface area contributed by atoms with E-state index in [0.717, 1.165) is 5.75 Å². The minimum absolute atomic E-state index is 0.427. The van der Waals surface area contributed by atoms with Gasteiger partial charge in [0, 0.05) is 21.6 Å². The number of hydrogen-bond acceptors (Lipinski definition) is 3. The maximum Gasteiger partial charge on any atom is 0.142 e. The summed E-state index contributed by atoms with van der Waals surface area (Å²) in [5.74, 6) is 2.20. The van der Waals surface area contributed by atoms with Crippen LogP contribution in [0, 0.1) is 0 Å². The van der Waals surface area contributed by atoms with E-state index in [4.69, 9.17) is 22.1 Å². The van der Waals surface area contributed by atoms with Crippen LogP contribution in [-0.2, 0) is 0 Å². The summed E-state index contributed by atoms with van der Waals surface area (Å²) < 4.78 is 5.84.